The molecule has 2 rings (SSSR count). The molecule has 23 heavy (non-hydrogen) atoms. The number of carbonyl (C=O) groups is 1. The Morgan fingerprint density at radius 1 is 1.26 bits per heavy atom. The first-order valence-corrected chi connectivity index (χ1v) is 10.2. The molecule has 6 nitrogen and oxygen atoms in total. The summed E-state index contributed by atoms with van der Waals surface area (Å²) in [5.41, 5.74) is 0. The molecule has 2 aliphatic rings. The second-order valence-electron chi connectivity index (χ2n) is 6.19. The highest BCUT2D eigenvalue weighted by molar-refractivity contribution is 7.98. The summed E-state index contributed by atoms with van der Waals surface area (Å²) in [5, 5.41) is 6.45. The zero-order valence-corrected chi connectivity index (χ0v) is 15.3. The van der Waals surface area contributed by atoms with E-state index in [9.17, 15) is 4.79 Å². The van der Waals surface area contributed by atoms with Crippen molar-refractivity contribution in [2.45, 2.75) is 32.2 Å². The molecule has 0 spiro atoms. The van der Waals surface area contributed by atoms with Crippen LogP contribution in [0, 0.1) is 0 Å². The molecular formula is C16H31N5OS. The van der Waals surface area contributed by atoms with E-state index in [-0.39, 0.29) is 5.91 Å². The van der Waals surface area contributed by atoms with E-state index in [1.165, 1.54) is 0 Å². The highest BCUT2D eigenvalue weighted by Crippen LogP contribution is 2.18. The fraction of sp³-hybridized carbons (Fsp3) is 0.875. The Morgan fingerprint density at radius 3 is 2.61 bits per heavy atom. The van der Waals surface area contributed by atoms with Crippen molar-refractivity contribution in [1.29, 1.82) is 0 Å². The van der Waals surface area contributed by atoms with Crippen molar-refractivity contribution in [3.63, 3.8) is 0 Å². The quantitative estimate of drug-likeness (QED) is 0.385. The third-order valence-electron chi connectivity index (χ3n) is 4.08. The number of aliphatic imine (C=N–C) groups is 1. The van der Waals surface area contributed by atoms with Gasteiger partial charge in [0.15, 0.2) is 5.96 Å². The van der Waals surface area contributed by atoms with Crippen LogP contribution in [-0.4, -0.2) is 85.5 Å². The SMILES string of the molecule is CCNC(=NCCCSC)N1CCN(CC(=O)NC2CC2)CC1. The molecule has 0 aromatic heterocycles. The molecule has 0 atom stereocenters. The van der Waals surface area contributed by atoms with Crippen LogP contribution in [0.4, 0.5) is 0 Å². The number of hydrogen-bond acceptors (Lipinski definition) is 4. The Bertz CT molecular complexity index is 392. The fourth-order valence-corrected chi connectivity index (χ4v) is 3.06. The second-order valence-corrected chi connectivity index (χ2v) is 7.17. The molecule has 0 radical (unpaired) electrons. The minimum Gasteiger partial charge on any atom is -0.357 e. The maximum absolute atomic E-state index is 11.9. The lowest BCUT2D eigenvalue weighted by Gasteiger charge is -2.36. The Balaban J connectivity index is 1.72. The molecule has 0 aromatic carbocycles. The minimum absolute atomic E-state index is 0.179. The molecule has 2 N–H and O–H groups in total. The third kappa shape index (κ3) is 6.99. The Kier molecular flexibility index (Phi) is 8.02. The lowest BCUT2D eigenvalue weighted by atomic mass is 10.3. The molecule has 1 saturated heterocycles. The Morgan fingerprint density at radius 2 is 2.00 bits per heavy atom. The van der Waals surface area contributed by atoms with E-state index in [4.69, 9.17) is 4.99 Å². The summed E-state index contributed by atoms with van der Waals surface area (Å²) < 4.78 is 0. The van der Waals surface area contributed by atoms with Gasteiger partial charge >= 0.3 is 0 Å². The summed E-state index contributed by atoms with van der Waals surface area (Å²) in [6.45, 7) is 8.14. The Labute approximate surface area is 144 Å². The van der Waals surface area contributed by atoms with Gasteiger partial charge in [-0.1, -0.05) is 0 Å². The lowest BCUT2D eigenvalue weighted by Crippen LogP contribution is -2.54. The monoisotopic (exact) mass is 341 g/mol. The third-order valence-corrected chi connectivity index (χ3v) is 4.78. The first kappa shape index (κ1) is 18.4. The van der Waals surface area contributed by atoms with E-state index in [1.54, 1.807) is 0 Å². The molecule has 0 unspecified atom stereocenters. The second kappa shape index (κ2) is 10.0. The van der Waals surface area contributed by atoms with Gasteiger partial charge in [0.2, 0.25) is 5.91 Å². The van der Waals surface area contributed by atoms with Crippen LogP contribution in [0.3, 0.4) is 0 Å². The standard InChI is InChI=1S/C16H31N5OS/c1-3-17-16(18-7-4-12-23-2)21-10-8-20(9-11-21)13-15(22)19-14-5-6-14/h14H,3-13H2,1-2H3,(H,17,18)(H,19,22). The fourth-order valence-electron chi connectivity index (χ4n) is 2.64. The van der Waals surface area contributed by atoms with Crippen molar-refractivity contribution in [2.75, 3.05) is 57.8 Å². The molecule has 1 amide bonds. The van der Waals surface area contributed by atoms with Gasteiger partial charge in [-0.05, 0) is 38.2 Å². The van der Waals surface area contributed by atoms with Gasteiger partial charge in [-0.3, -0.25) is 14.7 Å². The average molecular weight is 342 g/mol. The zero-order valence-electron chi connectivity index (χ0n) is 14.5. The average Bonchev–Trinajstić information content (AvgIpc) is 3.35. The van der Waals surface area contributed by atoms with E-state index >= 15 is 0 Å². The summed E-state index contributed by atoms with van der Waals surface area (Å²) in [5.74, 6) is 2.36. The zero-order chi connectivity index (χ0) is 16.5. The summed E-state index contributed by atoms with van der Waals surface area (Å²) in [6.07, 6.45) is 5.56. The van der Waals surface area contributed by atoms with Crippen molar-refractivity contribution in [3.8, 4) is 0 Å². The minimum atomic E-state index is 0.179. The maximum atomic E-state index is 11.9. The van der Waals surface area contributed by atoms with Crippen LogP contribution in [0.25, 0.3) is 0 Å². The Hall–Kier alpha value is -0.950. The van der Waals surface area contributed by atoms with Gasteiger partial charge in [-0.2, -0.15) is 11.8 Å². The summed E-state index contributed by atoms with van der Waals surface area (Å²) in [6, 6.07) is 0.456. The summed E-state index contributed by atoms with van der Waals surface area (Å²) >= 11 is 1.87. The van der Waals surface area contributed by atoms with Crippen LogP contribution in [0.2, 0.25) is 0 Å². The predicted octanol–water partition coefficient (Wildman–Crippen LogP) is 0.601. The molecule has 2 fully saturated rings. The van der Waals surface area contributed by atoms with Crippen molar-refractivity contribution in [3.05, 3.63) is 0 Å². The van der Waals surface area contributed by atoms with Gasteiger partial charge in [-0.15, -0.1) is 0 Å². The van der Waals surface area contributed by atoms with Crippen LogP contribution in [-0.2, 0) is 4.79 Å². The number of nitrogens with zero attached hydrogens (tertiary/aromatic N) is 3. The molecule has 1 aliphatic heterocycles. The van der Waals surface area contributed by atoms with Crippen LogP contribution in [0.1, 0.15) is 26.2 Å². The number of thioether (sulfide) groups is 1. The van der Waals surface area contributed by atoms with E-state index in [0.717, 1.165) is 70.2 Å². The highest BCUT2D eigenvalue weighted by Gasteiger charge is 2.25. The number of piperazine rings is 1. The first-order valence-electron chi connectivity index (χ1n) is 8.77. The molecule has 7 heteroatoms. The largest absolute Gasteiger partial charge is 0.357 e. The number of hydrogen-bond donors (Lipinski definition) is 2. The van der Waals surface area contributed by atoms with E-state index < -0.39 is 0 Å². The van der Waals surface area contributed by atoms with Gasteiger partial charge < -0.3 is 15.5 Å². The number of guanidine groups is 1. The van der Waals surface area contributed by atoms with Crippen molar-refractivity contribution in [1.82, 2.24) is 20.4 Å². The van der Waals surface area contributed by atoms with Gasteiger partial charge in [0.05, 0.1) is 6.54 Å². The van der Waals surface area contributed by atoms with E-state index in [1.807, 2.05) is 11.8 Å². The molecular weight excluding hydrogens is 310 g/mol. The summed E-state index contributed by atoms with van der Waals surface area (Å²) in [4.78, 5) is 21.2. The highest BCUT2D eigenvalue weighted by atomic mass is 32.2. The van der Waals surface area contributed by atoms with E-state index in [2.05, 4.69) is 33.6 Å². The van der Waals surface area contributed by atoms with Crippen LogP contribution in [0.15, 0.2) is 4.99 Å². The van der Waals surface area contributed by atoms with Crippen molar-refractivity contribution in [2.24, 2.45) is 4.99 Å². The molecule has 0 bridgehead atoms. The van der Waals surface area contributed by atoms with Gasteiger partial charge in [0, 0.05) is 45.3 Å². The van der Waals surface area contributed by atoms with Gasteiger partial charge in [0.25, 0.3) is 0 Å². The molecule has 0 aromatic rings. The smallest absolute Gasteiger partial charge is 0.234 e. The van der Waals surface area contributed by atoms with Gasteiger partial charge in [0.1, 0.15) is 0 Å². The first-order chi connectivity index (χ1) is 11.2. The van der Waals surface area contributed by atoms with Gasteiger partial charge in [-0.25, -0.2) is 0 Å². The molecule has 1 saturated carbocycles. The van der Waals surface area contributed by atoms with E-state index in [0.29, 0.717) is 12.6 Å². The topological polar surface area (TPSA) is 60.0 Å². The molecule has 1 aliphatic carbocycles. The van der Waals surface area contributed by atoms with Crippen LogP contribution >= 0.6 is 11.8 Å². The van der Waals surface area contributed by atoms with Crippen LogP contribution < -0.4 is 10.6 Å². The normalized spacial score (nSPS) is 19.7. The number of carbonyl (C=O) groups excluding carboxylic acids is 1. The number of amides is 1. The number of nitrogens with one attached hydrogen (secondary N) is 2. The summed E-state index contributed by atoms with van der Waals surface area (Å²) in [7, 11) is 0. The maximum Gasteiger partial charge on any atom is 0.234 e. The lowest BCUT2D eigenvalue weighted by molar-refractivity contribution is -0.122. The number of rotatable bonds is 8. The predicted molar refractivity (Wildman–Crippen MR) is 98.2 cm³/mol. The van der Waals surface area contributed by atoms with Crippen LogP contribution in [0.5, 0.6) is 0 Å². The molecule has 1 heterocycles. The van der Waals surface area contributed by atoms with Crippen molar-refractivity contribution >= 4 is 23.6 Å². The molecule has 132 valence electrons. The van der Waals surface area contributed by atoms with Crippen molar-refractivity contribution < 1.29 is 4.79 Å².